The molecule has 46 heavy (non-hydrogen) atoms. The van der Waals surface area contributed by atoms with E-state index in [-0.39, 0.29) is 5.75 Å². The number of rotatable bonds is 12. The smallest absolute Gasteiger partial charge is 0.331 e. The SMILES string of the molecule is CC(=O)OC[C@H]1O[C@H](O[C@]2(COC(C)=O)O[C@H](CO)[C@@H](O)[C@@H]2OC(=O)C=Cc2ccc(O)cc2)[C@H](OC(C)=O)[C@@H](OC(C)=O)[C@@H]1O. The number of aliphatic hydroxyl groups excluding tert-OH is 3. The van der Waals surface area contributed by atoms with Crippen molar-refractivity contribution < 1.29 is 82.3 Å². The molecule has 9 atom stereocenters. The number of phenols is 1. The Morgan fingerprint density at radius 2 is 1.43 bits per heavy atom. The van der Waals surface area contributed by atoms with Crippen molar-refractivity contribution >= 4 is 35.9 Å². The highest BCUT2D eigenvalue weighted by atomic mass is 16.8. The van der Waals surface area contributed by atoms with E-state index in [2.05, 4.69) is 0 Å². The van der Waals surface area contributed by atoms with Gasteiger partial charge in [0, 0.05) is 33.8 Å². The first-order chi connectivity index (χ1) is 21.6. The first-order valence-corrected chi connectivity index (χ1v) is 13.9. The quantitative estimate of drug-likeness (QED) is 0.118. The van der Waals surface area contributed by atoms with E-state index in [1.165, 1.54) is 30.3 Å². The van der Waals surface area contributed by atoms with Gasteiger partial charge in [-0.05, 0) is 23.8 Å². The molecule has 17 heteroatoms. The van der Waals surface area contributed by atoms with Crippen molar-refractivity contribution in [3.8, 4) is 5.75 Å². The van der Waals surface area contributed by atoms with Crippen LogP contribution in [0.15, 0.2) is 30.3 Å². The zero-order chi connectivity index (χ0) is 34.2. The lowest BCUT2D eigenvalue weighted by atomic mass is 9.98. The Hall–Kier alpha value is -4.13. The number of carbonyl (C=O) groups excluding carboxylic acids is 5. The summed E-state index contributed by atoms with van der Waals surface area (Å²) in [6.45, 7) is 1.79. The maximum atomic E-state index is 12.9. The van der Waals surface area contributed by atoms with Gasteiger partial charge in [-0.2, -0.15) is 0 Å². The third kappa shape index (κ3) is 9.44. The number of phenolic OH excluding ortho intramolecular Hbond substituents is 1. The van der Waals surface area contributed by atoms with Crippen LogP contribution in [0.3, 0.4) is 0 Å². The van der Waals surface area contributed by atoms with Crippen molar-refractivity contribution in [1.82, 2.24) is 0 Å². The second-order valence-corrected chi connectivity index (χ2v) is 10.3. The Morgan fingerprint density at radius 1 is 0.826 bits per heavy atom. The number of aliphatic hydroxyl groups is 3. The maximum absolute atomic E-state index is 12.9. The van der Waals surface area contributed by atoms with E-state index in [9.17, 15) is 44.4 Å². The minimum absolute atomic E-state index is 0.0102. The minimum Gasteiger partial charge on any atom is -0.508 e. The molecule has 0 unspecified atom stereocenters. The van der Waals surface area contributed by atoms with E-state index < -0.39 is 104 Å². The minimum atomic E-state index is -2.47. The Balaban J connectivity index is 2.04. The Morgan fingerprint density at radius 3 is 2.00 bits per heavy atom. The summed E-state index contributed by atoms with van der Waals surface area (Å²) < 4.78 is 43.7. The van der Waals surface area contributed by atoms with Crippen LogP contribution in [-0.4, -0.2) is 125 Å². The topological polar surface area (TPSA) is 240 Å². The van der Waals surface area contributed by atoms with Crippen LogP contribution in [0.4, 0.5) is 0 Å². The normalized spacial score (nSPS) is 30.8. The van der Waals surface area contributed by atoms with E-state index in [0.29, 0.717) is 5.56 Å². The van der Waals surface area contributed by atoms with Crippen LogP contribution in [-0.2, 0) is 61.9 Å². The molecule has 0 saturated carbocycles. The van der Waals surface area contributed by atoms with Crippen molar-refractivity contribution in [3.05, 3.63) is 35.9 Å². The summed E-state index contributed by atoms with van der Waals surface area (Å²) in [4.78, 5) is 60.4. The second kappa shape index (κ2) is 15.9. The predicted octanol–water partition coefficient (Wildman–Crippen LogP) is -1.14. The van der Waals surface area contributed by atoms with Gasteiger partial charge in [0.1, 0.15) is 43.4 Å². The molecule has 2 heterocycles. The van der Waals surface area contributed by atoms with Gasteiger partial charge in [-0.25, -0.2) is 4.79 Å². The molecule has 0 bridgehead atoms. The summed E-state index contributed by atoms with van der Waals surface area (Å²) in [6, 6.07) is 5.75. The zero-order valence-corrected chi connectivity index (χ0v) is 25.3. The van der Waals surface area contributed by atoms with Gasteiger partial charge in [0.15, 0.2) is 18.3 Å². The number of esters is 5. The van der Waals surface area contributed by atoms with Crippen LogP contribution >= 0.6 is 0 Å². The van der Waals surface area contributed by atoms with Gasteiger partial charge in [-0.3, -0.25) is 19.2 Å². The van der Waals surface area contributed by atoms with Crippen molar-refractivity contribution in [3.63, 3.8) is 0 Å². The second-order valence-electron chi connectivity index (χ2n) is 10.3. The highest BCUT2D eigenvalue weighted by molar-refractivity contribution is 5.87. The molecular formula is C29H36O17. The van der Waals surface area contributed by atoms with Gasteiger partial charge >= 0.3 is 29.8 Å². The molecule has 254 valence electrons. The maximum Gasteiger partial charge on any atom is 0.331 e. The average molecular weight is 657 g/mol. The fourth-order valence-corrected chi connectivity index (χ4v) is 4.68. The van der Waals surface area contributed by atoms with E-state index in [1.54, 1.807) is 0 Å². The Bertz CT molecular complexity index is 1280. The molecule has 2 fully saturated rings. The molecule has 4 N–H and O–H groups in total. The molecule has 2 saturated heterocycles. The number of benzene rings is 1. The molecule has 0 aromatic heterocycles. The average Bonchev–Trinajstić information content (AvgIpc) is 3.23. The van der Waals surface area contributed by atoms with Crippen LogP contribution in [0, 0.1) is 0 Å². The molecular weight excluding hydrogens is 620 g/mol. The van der Waals surface area contributed by atoms with Crippen molar-refractivity contribution in [2.45, 2.75) is 82.5 Å². The van der Waals surface area contributed by atoms with Gasteiger partial charge < -0.3 is 58.3 Å². The summed E-state index contributed by atoms with van der Waals surface area (Å²) in [5.74, 6) is -7.02. The number of aromatic hydroxyl groups is 1. The lowest BCUT2D eigenvalue weighted by Gasteiger charge is -2.45. The number of ether oxygens (including phenoxy) is 8. The molecule has 0 amide bonds. The van der Waals surface area contributed by atoms with Gasteiger partial charge in [0.25, 0.3) is 0 Å². The Labute approximate surface area is 262 Å². The summed E-state index contributed by atoms with van der Waals surface area (Å²) >= 11 is 0. The predicted molar refractivity (Wildman–Crippen MR) is 148 cm³/mol. The van der Waals surface area contributed by atoms with Crippen LogP contribution < -0.4 is 0 Å². The number of hydrogen-bond acceptors (Lipinski definition) is 17. The van der Waals surface area contributed by atoms with Crippen molar-refractivity contribution in [1.29, 1.82) is 0 Å². The van der Waals surface area contributed by atoms with Crippen molar-refractivity contribution in [2.24, 2.45) is 0 Å². The largest absolute Gasteiger partial charge is 0.508 e. The number of carbonyl (C=O) groups is 5. The lowest BCUT2D eigenvalue weighted by molar-refractivity contribution is -0.384. The van der Waals surface area contributed by atoms with Gasteiger partial charge in [0.2, 0.25) is 12.1 Å². The molecule has 2 aliphatic rings. The molecule has 1 aromatic carbocycles. The van der Waals surface area contributed by atoms with Crippen LogP contribution in [0.2, 0.25) is 0 Å². The van der Waals surface area contributed by atoms with E-state index in [1.807, 2.05) is 0 Å². The molecule has 0 radical (unpaired) electrons. The fraction of sp³-hybridized carbons (Fsp3) is 0.552. The summed E-state index contributed by atoms with van der Waals surface area (Å²) in [7, 11) is 0. The molecule has 2 aliphatic heterocycles. The summed E-state index contributed by atoms with van der Waals surface area (Å²) in [5.41, 5.74) is 0.488. The number of hydrogen-bond donors (Lipinski definition) is 4. The highest BCUT2D eigenvalue weighted by Gasteiger charge is 2.62. The fourth-order valence-electron chi connectivity index (χ4n) is 4.68. The van der Waals surface area contributed by atoms with Gasteiger partial charge in [0.05, 0.1) is 6.61 Å². The van der Waals surface area contributed by atoms with Crippen LogP contribution in [0.25, 0.3) is 6.08 Å². The van der Waals surface area contributed by atoms with Crippen LogP contribution in [0.5, 0.6) is 5.75 Å². The summed E-state index contributed by atoms with van der Waals surface area (Å²) in [5, 5.41) is 41.4. The van der Waals surface area contributed by atoms with Crippen molar-refractivity contribution in [2.75, 3.05) is 19.8 Å². The lowest BCUT2D eigenvalue weighted by Crippen LogP contribution is -2.65. The first kappa shape index (κ1) is 36.3. The molecule has 0 aliphatic carbocycles. The van der Waals surface area contributed by atoms with E-state index in [0.717, 1.165) is 33.8 Å². The first-order valence-electron chi connectivity index (χ1n) is 13.9. The van der Waals surface area contributed by atoms with Gasteiger partial charge in [-0.15, -0.1) is 0 Å². The van der Waals surface area contributed by atoms with E-state index in [4.69, 9.17) is 37.9 Å². The standard InChI is InChI=1S/C29H36O17/c1-14(31)39-12-21-23(37)25(41-16(3)33)26(42-17(4)34)28(43-21)46-29(13-40-15(2)32)27(24(38)20(11-30)45-29)44-22(36)10-7-18-5-8-19(35)9-6-18/h5-10,20-21,23-28,30,35,37-38H,11-13H2,1-4H3/t20-,21-,23-,24-,25+,26-,27+,28-,29+/m1/s1. The third-order valence-corrected chi connectivity index (χ3v) is 6.67. The molecule has 17 nitrogen and oxygen atoms in total. The molecule has 3 rings (SSSR count). The summed E-state index contributed by atoms with van der Waals surface area (Å²) in [6.07, 6.45) is -11.4. The highest BCUT2D eigenvalue weighted by Crippen LogP contribution is 2.39. The zero-order valence-electron chi connectivity index (χ0n) is 25.3. The monoisotopic (exact) mass is 656 g/mol. The van der Waals surface area contributed by atoms with Crippen LogP contribution in [0.1, 0.15) is 33.3 Å². The van der Waals surface area contributed by atoms with E-state index >= 15 is 0 Å². The third-order valence-electron chi connectivity index (χ3n) is 6.67. The Kier molecular flexibility index (Phi) is 12.6. The molecule has 0 spiro atoms. The molecule has 1 aromatic rings. The van der Waals surface area contributed by atoms with Gasteiger partial charge in [-0.1, -0.05) is 12.1 Å².